The Balaban J connectivity index is 2.29. The molecule has 0 aromatic carbocycles. The molecule has 2 N–H and O–H groups in total. The van der Waals surface area contributed by atoms with E-state index in [-0.39, 0.29) is 0 Å². The van der Waals surface area contributed by atoms with Gasteiger partial charge in [0, 0.05) is 0 Å². The van der Waals surface area contributed by atoms with Gasteiger partial charge in [-0.3, -0.25) is 0 Å². The van der Waals surface area contributed by atoms with E-state index in [0.29, 0.717) is 11.4 Å². The van der Waals surface area contributed by atoms with Crippen molar-refractivity contribution in [1.82, 2.24) is 19.6 Å². The van der Waals surface area contributed by atoms with Crippen molar-refractivity contribution in [1.29, 1.82) is 0 Å². The third-order valence-corrected chi connectivity index (χ3v) is 3.01. The smallest absolute Gasteiger partial charge is 0.190 e. The van der Waals surface area contributed by atoms with Gasteiger partial charge in [0.1, 0.15) is 0 Å². The Morgan fingerprint density at radius 3 is 1.69 bits per heavy atom. The van der Waals surface area contributed by atoms with E-state index in [1.54, 1.807) is 12.4 Å². The number of hydrogen-bond donors (Lipinski definition) is 2. The van der Waals surface area contributed by atoms with Gasteiger partial charge in [-0.05, 0) is 25.0 Å². The summed E-state index contributed by atoms with van der Waals surface area (Å²) in [5.41, 5.74) is 2.85. The number of aliphatic hydroxyl groups is 2. The zero-order valence-electron chi connectivity index (χ0n) is 8.99. The minimum atomic E-state index is -0.880. The van der Waals surface area contributed by atoms with Crippen LogP contribution < -0.4 is 0 Å². The van der Waals surface area contributed by atoms with E-state index in [9.17, 15) is 10.2 Å². The van der Waals surface area contributed by atoms with E-state index in [1.165, 1.54) is 9.36 Å². The number of aliphatic hydroxyl groups excluding tert-OH is 2. The molecule has 2 aromatic heterocycles. The lowest BCUT2D eigenvalue weighted by Gasteiger charge is -2.27. The predicted molar refractivity (Wildman–Crippen MR) is 54.6 cm³/mol. The molecule has 0 aliphatic carbocycles. The van der Waals surface area contributed by atoms with Crippen LogP contribution in [0.15, 0.2) is 12.4 Å². The summed E-state index contributed by atoms with van der Waals surface area (Å²) in [7, 11) is 0. The highest BCUT2D eigenvalue weighted by atomic mass is 16.3. The lowest BCUT2D eigenvalue weighted by atomic mass is 10.1. The van der Waals surface area contributed by atoms with Crippen molar-refractivity contribution in [3.63, 3.8) is 0 Å². The van der Waals surface area contributed by atoms with Crippen molar-refractivity contribution < 1.29 is 10.2 Å². The Morgan fingerprint density at radius 2 is 1.31 bits per heavy atom. The van der Waals surface area contributed by atoms with Crippen LogP contribution in [0.3, 0.4) is 0 Å². The van der Waals surface area contributed by atoms with Gasteiger partial charge < -0.3 is 10.2 Å². The van der Waals surface area contributed by atoms with E-state index in [2.05, 4.69) is 10.2 Å². The topological polar surface area (TPSA) is 76.1 Å². The van der Waals surface area contributed by atoms with Crippen molar-refractivity contribution in [3.8, 4) is 0 Å². The van der Waals surface area contributed by atoms with Gasteiger partial charge >= 0.3 is 0 Å². The summed E-state index contributed by atoms with van der Waals surface area (Å²) in [6, 6.07) is 0. The Hall–Kier alpha value is -1.66. The molecule has 1 aliphatic rings. The molecule has 0 spiro atoms. The normalized spacial score (nSPS) is 23.0. The Bertz CT molecular complexity index is 507. The van der Waals surface area contributed by atoms with Gasteiger partial charge in [0.05, 0.1) is 23.8 Å². The zero-order chi connectivity index (χ0) is 11.4. The van der Waals surface area contributed by atoms with Gasteiger partial charge in [-0.1, -0.05) is 0 Å². The fourth-order valence-electron chi connectivity index (χ4n) is 2.18. The van der Waals surface area contributed by atoms with Crippen molar-refractivity contribution in [3.05, 3.63) is 34.9 Å². The van der Waals surface area contributed by atoms with Gasteiger partial charge in [0.2, 0.25) is 0 Å². The van der Waals surface area contributed by atoms with Crippen molar-refractivity contribution in [2.45, 2.75) is 26.3 Å². The van der Waals surface area contributed by atoms with E-state index in [1.807, 2.05) is 13.8 Å². The van der Waals surface area contributed by atoms with Crippen LogP contribution in [0.5, 0.6) is 0 Å². The first-order chi connectivity index (χ1) is 7.61. The molecule has 0 bridgehead atoms. The van der Waals surface area contributed by atoms with Gasteiger partial charge in [-0.25, -0.2) is 9.36 Å². The average Bonchev–Trinajstić information content (AvgIpc) is 2.80. The first-order valence-electron chi connectivity index (χ1n) is 5.05. The summed E-state index contributed by atoms with van der Waals surface area (Å²) in [4.78, 5) is 0. The molecule has 0 amide bonds. The van der Waals surface area contributed by atoms with Crippen LogP contribution in [-0.4, -0.2) is 29.8 Å². The van der Waals surface area contributed by atoms with Crippen LogP contribution in [0, 0.1) is 13.8 Å². The van der Waals surface area contributed by atoms with Crippen LogP contribution in [0.2, 0.25) is 0 Å². The number of nitrogens with zero attached hydrogens (tertiary/aromatic N) is 4. The highest BCUT2D eigenvalue weighted by Gasteiger charge is 2.33. The maximum absolute atomic E-state index is 10.1. The molecule has 0 unspecified atom stereocenters. The third kappa shape index (κ3) is 0.975. The fourth-order valence-corrected chi connectivity index (χ4v) is 2.18. The van der Waals surface area contributed by atoms with E-state index < -0.39 is 12.5 Å². The fraction of sp³-hybridized carbons (Fsp3) is 0.400. The summed E-state index contributed by atoms with van der Waals surface area (Å²) >= 11 is 0. The molecule has 0 fully saturated rings. The predicted octanol–water partition coefficient (Wildman–Crippen LogP) is 0.0882. The minimum absolute atomic E-state index is 0.586. The molecule has 3 heterocycles. The largest absolute Gasteiger partial charge is 0.367 e. The summed E-state index contributed by atoms with van der Waals surface area (Å²) < 4.78 is 2.87. The number of aromatic nitrogens is 4. The molecule has 0 radical (unpaired) electrons. The Morgan fingerprint density at radius 1 is 0.938 bits per heavy atom. The van der Waals surface area contributed by atoms with Crippen LogP contribution in [0.4, 0.5) is 0 Å². The number of hydrogen-bond acceptors (Lipinski definition) is 4. The second-order valence-corrected chi connectivity index (χ2v) is 4.06. The van der Waals surface area contributed by atoms with Crippen LogP contribution in [0.25, 0.3) is 0 Å². The molecule has 16 heavy (non-hydrogen) atoms. The molecular weight excluding hydrogens is 208 g/mol. The Kier molecular flexibility index (Phi) is 1.75. The number of fused-ring (bicyclic) bond motifs is 2. The van der Waals surface area contributed by atoms with Crippen molar-refractivity contribution in [2.75, 3.05) is 0 Å². The second-order valence-electron chi connectivity index (χ2n) is 4.06. The molecule has 6 heteroatoms. The van der Waals surface area contributed by atoms with E-state index in [4.69, 9.17) is 0 Å². The lowest BCUT2D eigenvalue weighted by Crippen LogP contribution is -2.30. The quantitative estimate of drug-likeness (QED) is 0.659. The van der Waals surface area contributed by atoms with Gasteiger partial charge in [0.25, 0.3) is 0 Å². The summed E-state index contributed by atoms with van der Waals surface area (Å²) in [6.07, 6.45) is 1.50. The first-order valence-corrected chi connectivity index (χ1v) is 5.05. The van der Waals surface area contributed by atoms with Crippen LogP contribution >= 0.6 is 0 Å². The van der Waals surface area contributed by atoms with E-state index in [0.717, 1.165) is 11.1 Å². The number of aryl methyl sites for hydroxylation is 2. The molecule has 84 valence electrons. The van der Waals surface area contributed by atoms with Crippen molar-refractivity contribution >= 4 is 0 Å². The molecule has 1 aliphatic heterocycles. The second kappa shape index (κ2) is 2.93. The summed E-state index contributed by atoms with van der Waals surface area (Å²) in [5.74, 6) is 0. The maximum Gasteiger partial charge on any atom is 0.190 e. The third-order valence-electron chi connectivity index (χ3n) is 3.01. The zero-order valence-corrected chi connectivity index (χ0v) is 8.99. The maximum atomic E-state index is 10.1. The molecule has 0 saturated carbocycles. The van der Waals surface area contributed by atoms with Gasteiger partial charge in [-0.2, -0.15) is 10.2 Å². The highest BCUT2D eigenvalue weighted by molar-refractivity contribution is 5.28. The molecule has 2 atom stereocenters. The number of rotatable bonds is 0. The summed E-state index contributed by atoms with van der Waals surface area (Å²) in [5, 5.41) is 28.4. The first kappa shape index (κ1) is 9.56. The molecule has 3 rings (SSSR count). The molecular formula is C10H12N4O2. The standard InChI is InChI=1S/C10H12N4O2/c1-5-3-11-13-7(5)9(15)14-8(10(13)16)6(2)4-12-14/h3-4,9-10,15-16H,1-2H3/t9-,10-/m1/s1. The monoisotopic (exact) mass is 220 g/mol. The summed E-state index contributed by atoms with van der Waals surface area (Å²) in [6.45, 7) is 3.69. The van der Waals surface area contributed by atoms with Gasteiger partial charge in [-0.15, -0.1) is 0 Å². The van der Waals surface area contributed by atoms with Crippen molar-refractivity contribution in [2.24, 2.45) is 0 Å². The highest BCUT2D eigenvalue weighted by Crippen LogP contribution is 2.33. The molecule has 6 nitrogen and oxygen atoms in total. The molecule has 0 saturated heterocycles. The minimum Gasteiger partial charge on any atom is -0.367 e. The van der Waals surface area contributed by atoms with E-state index >= 15 is 0 Å². The Labute approximate surface area is 91.7 Å². The average molecular weight is 220 g/mol. The van der Waals surface area contributed by atoms with Crippen LogP contribution in [-0.2, 0) is 0 Å². The lowest BCUT2D eigenvalue weighted by molar-refractivity contribution is 0.0417. The molecule has 2 aromatic rings. The SMILES string of the molecule is Cc1cnn2c1[C@@H](O)n1ncc(C)c1[C@H]2O. The van der Waals surface area contributed by atoms with Gasteiger partial charge in [0.15, 0.2) is 12.5 Å². The van der Waals surface area contributed by atoms with Crippen LogP contribution in [0.1, 0.15) is 35.0 Å².